The lowest BCUT2D eigenvalue weighted by Crippen LogP contribution is -2.22. The summed E-state index contributed by atoms with van der Waals surface area (Å²) in [5.41, 5.74) is 1.73. The molecule has 0 aliphatic rings. The molecular formula is C18H18BrClN2O3. The molecule has 0 spiro atoms. The van der Waals surface area contributed by atoms with Crippen molar-refractivity contribution in [3.05, 3.63) is 51.5 Å². The number of Topliss-reactive ketones (excluding diaryl/α,β-unsaturated/α-hetero) is 1. The Balaban J connectivity index is 2.05. The lowest BCUT2D eigenvalue weighted by Gasteiger charge is -2.14. The van der Waals surface area contributed by atoms with E-state index >= 15 is 0 Å². The Hall–Kier alpha value is -2.05. The molecule has 25 heavy (non-hydrogen) atoms. The number of benzene rings is 2. The maximum atomic E-state index is 12.2. The first-order valence-corrected chi connectivity index (χ1v) is 8.84. The number of carbonyl (C=O) groups excluding carboxylic acids is 2. The van der Waals surface area contributed by atoms with Crippen LogP contribution in [-0.2, 0) is 4.79 Å². The van der Waals surface area contributed by atoms with Gasteiger partial charge in [-0.3, -0.25) is 9.59 Å². The predicted octanol–water partition coefficient (Wildman–Crippen LogP) is 4.75. The van der Waals surface area contributed by atoms with Gasteiger partial charge in [0, 0.05) is 16.3 Å². The Morgan fingerprint density at radius 1 is 1.24 bits per heavy atom. The average molecular weight is 426 g/mol. The summed E-state index contributed by atoms with van der Waals surface area (Å²) < 4.78 is 6.29. The van der Waals surface area contributed by atoms with Crippen molar-refractivity contribution in [1.29, 1.82) is 0 Å². The molecule has 5 nitrogen and oxygen atoms in total. The Labute approximate surface area is 159 Å². The Morgan fingerprint density at radius 3 is 2.68 bits per heavy atom. The van der Waals surface area contributed by atoms with Gasteiger partial charge in [-0.2, -0.15) is 0 Å². The zero-order valence-electron chi connectivity index (χ0n) is 13.9. The van der Waals surface area contributed by atoms with E-state index in [1.54, 1.807) is 36.4 Å². The molecule has 0 unspecified atom stereocenters. The third-order valence-electron chi connectivity index (χ3n) is 3.29. The number of ether oxygens (including phenoxy) is 1. The van der Waals surface area contributed by atoms with Crippen LogP contribution in [0.2, 0.25) is 5.02 Å². The molecule has 1 amide bonds. The fourth-order valence-electron chi connectivity index (χ4n) is 2.18. The van der Waals surface area contributed by atoms with E-state index in [0.29, 0.717) is 38.8 Å². The van der Waals surface area contributed by atoms with Gasteiger partial charge in [0.1, 0.15) is 0 Å². The second-order valence-electron chi connectivity index (χ2n) is 5.24. The van der Waals surface area contributed by atoms with Crippen LogP contribution in [0.1, 0.15) is 24.2 Å². The summed E-state index contributed by atoms with van der Waals surface area (Å²) >= 11 is 9.46. The van der Waals surface area contributed by atoms with Gasteiger partial charge in [-0.1, -0.05) is 23.7 Å². The Bertz CT molecular complexity index is 796. The van der Waals surface area contributed by atoms with Gasteiger partial charge in [-0.15, -0.1) is 0 Å². The van der Waals surface area contributed by atoms with E-state index < -0.39 is 0 Å². The highest BCUT2D eigenvalue weighted by atomic mass is 79.9. The van der Waals surface area contributed by atoms with Crippen LogP contribution in [0.4, 0.5) is 11.4 Å². The number of carbonyl (C=O) groups is 2. The fourth-order valence-corrected chi connectivity index (χ4v) is 3.10. The van der Waals surface area contributed by atoms with Crippen LogP contribution in [0.5, 0.6) is 5.75 Å². The van der Waals surface area contributed by atoms with E-state index in [1.165, 1.54) is 6.92 Å². The van der Waals surface area contributed by atoms with E-state index in [4.69, 9.17) is 16.3 Å². The summed E-state index contributed by atoms with van der Waals surface area (Å²) in [4.78, 5) is 23.6. The summed E-state index contributed by atoms with van der Waals surface area (Å²) in [7, 11) is 0. The summed E-state index contributed by atoms with van der Waals surface area (Å²) in [6, 6.07) is 10.2. The largest absolute Gasteiger partial charge is 0.491 e. The number of rotatable bonds is 7. The fraction of sp³-hybridized carbons (Fsp3) is 0.222. The topological polar surface area (TPSA) is 67.4 Å². The summed E-state index contributed by atoms with van der Waals surface area (Å²) in [6.07, 6.45) is 0. The van der Waals surface area contributed by atoms with Crippen molar-refractivity contribution >= 4 is 50.6 Å². The smallest absolute Gasteiger partial charge is 0.243 e. The van der Waals surface area contributed by atoms with Gasteiger partial charge in [0.25, 0.3) is 0 Å². The number of halogens is 2. The highest BCUT2D eigenvalue weighted by Crippen LogP contribution is 2.36. The molecule has 0 atom stereocenters. The van der Waals surface area contributed by atoms with Crippen LogP contribution < -0.4 is 15.4 Å². The van der Waals surface area contributed by atoms with Gasteiger partial charge >= 0.3 is 0 Å². The van der Waals surface area contributed by atoms with Crippen molar-refractivity contribution in [2.24, 2.45) is 0 Å². The van der Waals surface area contributed by atoms with E-state index in [2.05, 4.69) is 26.6 Å². The molecule has 0 saturated carbocycles. The molecule has 2 aromatic carbocycles. The first kappa shape index (κ1) is 19.3. The van der Waals surface area contributed by atoms with Crippen LogP contribution in [0.25, 0.3) is 0 Å². The SMILES string of the molecule is CCOc1c(Br)cc(Cl)cc1NCC(=O)Nc1cccc(C(C)=O)c1. The number of ketones is 1. The number of anilines is 2. The minimum atomic E-state index is -0.251. The van der Waals surface area contributed by atoms with E-state index in [9.17, 15) is 9.59 Å². The molecule has 0 aliphatic carbocycles. The van der Waals surface area contributed by atoms with Gasteiger partial charge in [-0.05, 0) is 54.0 Å². The lowest BCUT2D eigenvalue weighted by molar-refractivity contribution is -0.114. The molecule has 0 bridgehead atoms. The van der Waals surface area contributed by atoms with Crippen LogP contribution in [0.15, 0.2) is 40.9 Å². The molecule has 2 N–H and O–H groups in total. The second kappa shape index (κ2) is 8.87. The van der Waals surface area contributed by atoms with Gasteiger partial charge in [0.15, 0.2) is 11.5 Å². The molecule has 2 aromatic rings. The molecule has 0 heterocycles. The molecule has 132 valence electrons. The normalized spacial score (nSPS) is 10.2. The molecule has 0 aliphatic heterocycles. The second-order valence-corrected chi connectivity index (χ2v) is 6.53. The summed E-state index contributed by atoms with van der Waals surface area (Å²) in [5, 5.41) is 6.29. The Kier molecular flexibility index (Phi) is 6.84. The van der Waals surface area contributed by atoms with Crippen molar-refractivity contribution in [1.82, 2.24) is 0 Å². The van der Waals surface area contributed by atoms with E-state index in [1.807, 2.05) is 6.92 Å². The maximum Gasteiger partial charge on any atom is 0.243 e. The average Bonchev–Trinajstić information content (AvgIpc) is 2.56. The first-order chi connectivity index (χ1) is 11.9. The van der Waals surface area contributed by atoms with Crippen LogP contribution in [0, 0.1) is 0 Å². The maximum absolute atomic E-state index is 12.2. The van der Waals surface area contributed by atoms with Gasteiger partial charge < -0.3 is 15.4 Å². The zero-order valence-corrected chi connectivity index (χ0v) is 16.2. The van der Waals surface area contributed by atoms with Crippen LogP contribution in [-0.4, -0.2) is 24.8 Å². The zero-order chi connectivity index (χ0) is 18.4. The third-order valence-corrected chi connectivity index (χ3v) is 4.10. The standard InChI is InChI=1S/C18H18BrClN2O3/c1-3-25-18-15(19)8-13(20)9-16(18)21-10-17(24)22-14-6-4-5-12(7-14)11(2)23/h4-9,21H,3,10H2,1-2H3,(H,22,24). The molecule has 0 aromatic heterocycles. The van der Waals surface area contributed by atoms with E-state index in [-0.39, 0.29) is 18.2 Å². The molecule has 0 radical (unpaired) electrons. The lowest BCUT2D eigenvalue weighted by atomic mass is 10.1. The van der Waals surface area contributed by atoms with Crippen LogP contribution >= 0.6 is 27.5 Å². The van der Waals surface area contributed by atoms with Gasteiger partial charge in [0.05, 0.1) is 23.3 Å². The Morgan fingerprint density at radius 2 is 2.00 bits per heavy atom. The van der Waals surface area contributed by atoms with Crippen molar-refractivity contribution in [3.8, 4) is 5.75 Å². The molecule has 0 saturated heterocycles. The van der Waals surface area contributed by atoms with E-state index in [0.717, 1.165) is 0 Å². The minimum absolute atomic E-state index is 0.0250. The minimum Gasteiger partial charge on any atom is -0.491 e. The van der Waals surface area contributed by atoms with Gasteiger partial charge in [-0.25, -0.2) is 0 Å². The quantitative estimate of drug-likeness (QED) is 0.628. The predicted molar refractivity (Wildman–Crippen MR) is 104 cm³/mol. The molecular weight excluding hydrogens is 408 g/mol. The molecule has 7 heteroatoms. The van der Waals surface area contributed by atoms with Crippen LogP contribution in [0.3, 0.4) is 0 Å². The number of amides is 1. The summed E-state index contributed by atoms with van der Waals surface area (Å²) in [6.45, 7) is 3.87. The molecule has 2 rings (SSSR count). The van der Waals surface area contributed by atoms with Crippen molar-refractivity contribution < 1.29 is 14.3 Å². The highest BCUT2D eigenvalue weighted by molar-refractivity contribution is 9.10. The number of hydrogen-bond donors (Lipinski definition) is 2. The summed E-state index contributed by atoms with van der Waals surface area (Å²) in [5.74, 6) is 0.289. The van der Waals surface area contributed by atoms with Gasteiger partial charge in [0.2, 0.25) is 5.91 Å². The van der Waals surface area contributed by atoms with Crippen molar-refractivity contribution in [2.45, 2.75) is 13.8 Å². The number of nitrogens with one attached hydrogen (secondary N) is 2. The van der Waals surface area contributed by atoms with Crippen molar-refractivity contribution in [3.63, 3.8) is 0 Å². The number of hydrogen-bond acceptors (Lipinski definition) is 4. The monoisotopic (exact) mass is 424 g/mol. The first-order valence-electron chi connectivity index (χ1n) is 7.67. The molecule has 0 fully saturated rings. The van der Waals surface area contributed by atoms with Crippen molar-refractivity contribution in [2.75, 3.05) is 23.8 Å². The highest BCUT2D eigenvalue weighted by Gasteiger charge is 2.12. The third kappa shape index (κ3) is 5.47.